The van der Waals surface area contributed by atoms with E-state index in [4.69, 9.17) is 5.73 Å². The Morgan fingerprint density at radius 1 is 1.40 bits per heavy atom. The van der Waals surface area contributed by atoms with Gasteiger partial charge in [0.05, 0.1) is 6.04 Å². The molecule has 0 aliphatic carbocycles. The third-order valence-electron chi connectivity index (χ3n) is 3.53. The number of nitrogens with one attached hydrogen (secondary N) is 2. The van der Waals surface area contributed by atoms with Gasteiger partial charge in [-0.25, -0.2) is 0 Å². The highest BCUT2D eigenvalue weighted by Crippen LogP contribution is 2.06. The zero-order valence-electron chi connectivity index (χ0n) is 11.5. The van der Waals surface area contributed by atoms with Gasteiger partial charge in [-0.3, -0.25) is 9.59 Å². The lowest BCUT2D eigenvalue weighted by Crippen LogP contribution is -2.45. The summed E-state index contributed by atoms with van der Waals surface area (Å²) in [5.41, 5.74) is 7.06. The van der Waals surface area contributed by atoms with E-state index < -0.39 is 6.04 Å². The van der Waals surface area contributed by atoms with Gasteiger partial charge in [0.15, 0.2) is 0 Å². The zero-order valence-corrected chi connectivity index (χ0v) is 11.5. The average Bonchev–Trinajstić information content (AvgIpc) is 2.89. The number of carbonyl (C=O) groups is 2. The van der Waals surface area contributed by atoms with Crippen LogP contribution in [0.2, 0.25) is 0 Å². The fraction of sp³-hybridized carbons (Fsp3) is 0.467. The molecule has 1 aromatic carbocycles. The summed E-state index contributed by atoms with van der Waals surface area (Å²) in [6.07, 6.45) is 2.72. The molecule has 1 aromatic rings. The van der Waals surface area contributed by atoms with Crippen molar-refractivity contribution in [1.82, 2.24) is 10.6 Å². The maximum absolute atomic E-state index is 11.9. The van der Waals surface area contributed by atoms with Crippen molar-refractivity contribution in [1.29, 1.82) is 0 Å². The van der Waals surface area contributed by atoms with Crippen LogP contribution in [0.3, 0.4) is 0 Å². The van der Waals surface area contributed by atoms with E-state index in [1.165, 1.54) is 5.56 Å². The fourth-order valence-corrected chi connectivity index (χ4v) is 2.28. The van der Waals surface area contributed by atoms with Crippen molar-refractivity contribution in [3.63, 3.8) is 0 Å². The van der Waals surface area contributed by atoms with Crippen molar-refractivity contribution in [2.45, 2.75) is 37.8 Å². The summed E-state index contributed by atoms with van der Waals surface area (Å²) in [5, 5.41) is 5.61. The van der Waals surface area contributed by atoms with Gasteiger partial charge in [0.1, 0.15) is 0 Å². The monoisotopic (exact) mass is 275 g/mol. The highest BCUT2D eigenvalue weighted by atomic mass is 16.2. The molecule has 2 amide bonds. The summed E-state index contributed by atoms with van der Waals surface area (Å²) in [5.74, 6) is -0.0975. The Kier molecular flexibility index (Phi) is 5.12. The lowest BCUT2D eigenvalue weighted by atomic mass is 10.1. The zero-order chi connectivity index (χ0) is 14.4. The lowest BCUT2D eigenvalue weighted by Gasteiger charge is -2.15. The molecular formula is C15H21N3O2. The van der Waals surface area contributed by atoms with Crippen LogP contribution >= 0.6 is 0 Å². The smallest absolute Gasteiger partial charge is 0.236 e. The SMILES string of the molecule is N[C@@H](CCc1ccccc1)C(=O)NCC1CCC(=O)N1. The first kappa shape index (κ1) is 14.5. The summed E-state index contributed by atoms with van der Waals surface area (Å²) in [6, 6.07) is 9.51. The quantitative estimate of drug-likeness (QED) is 0.700. The van der Waals surface area contributed by atoms with E-state index in [9.17, 15) is 9.59 Å². The molecule has 1 aliphatic heterocycles. The summed E-state index contributed by atoms with van der Waals surface area (Å²) in [4.78, 5) is 22.9. The third kappa shape index (κ3) is 4.35. The van der Waals surface area contributed by atoms with Gasteiger partial charge in [-0.15, -0.1) is 0 Å². The number of hydrogen-bond acceptors (Lipinski definition) is 3. The second kappa shape index (κ2) is 7.05. The number of hydrogen-bond donors (Lipinski definition) is 3. The third-order valence-corrected chi connectivity index (χ3v) is 3.53. The molecule has 2 rings (SSSR count). The van der Waals surface area contributed by atoms with Gasteiger partial charge in [0.2, 0.25) is 11.8 Å². The molecule has 2 atom stereocenters. The Hall–Kier alpha value is -1.88. The average molecular weight is 275 g/mol. The predicted octanol–water partition coefficient (Wildman–Crippen LogP) is 0.341. The largest absolute Gasteiger partial charge is 0.353 e. The Morgan fingerprint density at radius 3 is 2.80 bits per heavy atom. The normalized spacial score (nSPS) is 19.4. The second-order valence-corrected chi connectivity index (χ2v) is 5.18. The molecule has 5 heteroatoms. The van der Waals surface area contributed by atoms with E-state index in [0.29, 0.717) is 19.4 Å². The van der Waals surface area contributed by atoms with Crippen LogP contribution in [0.15, 0.2) is 30.3 Å². The predicted molar refractivity (Wildman–Crippen MR) is 76.9 cm³/mol. The van der Waals surface area contributed by atoms with Crippen molar-refractivity contribution in [2.75, 3.05) is 6.54 Å². The van der Waals surface area contributed by atoms with Crippen molar-refractivity contribution in [2.24, 2.45) is 5.73 Å². The van der Waals surface area contributed by atoms with Gasteiger partial charge in [-0.05, 0) is 24.8 Å². The van der Waals surface area contributed by atoms with Gasteiger partial charge in [0, 0.05) is 19.0 Å². The molecule has 1 aliphatic rings. The van der Waals surface area contributed by atoms with Crippen molar-refractivity contribution in [3.8, 4) is 0 Å². The Morgan fingerprint density at radius 2 is 2.15 bits per heavy atom. The molecule has 1 saturated heterocycles. The summed E-state index contributed by atoms with van der Waals surface area (Å²) in [7, 11) is 0. The highest BCUT2D eigenvalue weighted by Gasteiger charge is 2.22. The van der Waals surface area contributed by atoms with Crippen LogP contribution in [0.25, 0.3) is 0 Å². The van der Waals surface area contributed by atoms with Crippen LogP contribution in [-0.4, -0.2) is 30.4 Å². The molecule has 1 heterocycles. The molecule has 0 spiro atoms. The Balaban J connectivity index is 1.68. The van der Waals surface area contributed by atoms with E-state index in [1.807, 2.05) is 30.3 Å². The molecular weight excluding hydrogens is 254 g/mol. The molecule has 4 N–H and O–H groups in total. The maximum Gasteiger partial charge on any atom is 0.236 e. The van der Waals surface area contributed by atoms with Gasteiger partial charge in [-0.1, -0.05) is 30.3 Å². The number of carbonyl (C=O) groups excluding carboxylic acids is 2. The fourth-order valence-electron chi connectivity index (χ4n) is 2.28. The summed E-state index contributed by atoms with van der Waals surface area (Å²) in [6.45, 7) is 0.462. The van der Waals surface area contributed by atoms with E-state index in [1.54, 1.807) is 0 Å². The minimum atomic E-state index is -0.507. The number of benzene rings is 1. The van der Waals surface area contributed by atoms with E-state index in [2.05, 4.69) is 10.6 Å². The molecule has 20 heavy (non-hydrogen) atoms. The maximum atomic E-state index is 11.9. The van der Waals surface area contributed by atoms with Crippen LogP contribution in [0.4, 0.5) is 0 Å². The van der Waals surface area contributed by atoms with Crippen molar-refractivity contribution in [3.05, 3.63) is 35.9 Å². The molecule has 0 saturated carbocycles. The van der Waals surface area contributed by atoms with Crippen LogP contribution < -0.4 is 16.4 Å². The molecule has 1 fully saturated rings. The Bertz CT molecular complexity index is 461. The lowest BCUT2D eigenvalue weighted by molar-refractivity contribution is -0.123. The van der Waals surface area contributed by atoms with E-state index >= 15 is 0 Å². The van der Waals surface area contributed by atoms with Crippen molar-refractivity contribution >= 4 is 11.8 Å². The molecule has 0 aromatic heterocycles. The van der Waals surface area contributed by atoms with E-state index in [0.717, 1.165) is 12.8 Å². The first-order valence-corrected chi connectivity index (χ1v) is 7.02. The van der Waals surface area contributed by atoms with Gasteiger partial charge in [-0.2, -0.15) is 0 Å². The van der Waals surface area contributed by atoms with Gasteiger partial charge in [0.25, 0.3) is 0 Å². The van der Waals surface area contributed by atoms with Gasteiger partial charge >= 0.3 is 0 Å². The first-order valence-electron chi connectivity index (χ1n) is 7.02. The van der Waals surface area contributed by atoms with Crippen LogP contribution in [0.5, 0.6) is 0 Å². The van der Waals surface area contributed by atoms with Crippen LogP contribution in [0, 0.1) is 0 Å². The van der Waals surface area contributed by atoms with Crippen LogP contribution in [-0.2, 0) is 16.0 Å². The highest BCUT2D eigenvalue weighted by molar-refractivity contribution is 5.82. The first-order chi connectivity index (χ1) is 9.65. The summed E-state index contributed by atoms with van der Waals surface area (Å²) >= 11 is 0. The number of nitrogens with two attached hydrogens (primary N) is 1. The molecule has 5 nitrogen and oxygen atoms in total. The summed E-state index contributed by atoms with van der Waals surface area (Å²) < 4.78 is 0. The van der Waals surface area contributed by atoms with E-state index in [-0.39, 0.29) is 17.9 Å². The topological polar surface area (TPSA) is 84.2 Å². The molecule has 0 radical (unpaired) electrons. The standard InChI is InChI=1S/C15H21N3O2/c16-13(8-6-11-4-2-1-3-5-11)15(20)17-10-12-7-9-14(19)18-12/h1-5,12-13H,6-10,16H2,(H,17,20)(H,18,19)/t12?,13-/m0/s1. The number of aryl methyl sites for hydroxylation is 1. The molecule has 0 bridgehead atoms. The molecule has 1 unspecified atom stereocenters. The minimum absolute atomic E-state index is 0.0489. The number of amides is 2. The van der Waals surface area contributed by atoms with Gasteiger partial charge < -0.3 is 16.4 Å². The van der Waals surface area contributed by atoms with Crippen molar-refractivity contribution < 1.29 is 9.59 Å². The Labute approximate surface area is 118 Å². The second-order valence-electron chi connectivity index (χ2n) is 5.18. The van der Waals surface area contributed by atoms with Crippen LogP contribution in [0.1, 0.15) is 24.8 Å². The minimum Gasteiger partial charge on any atom is -0.353 e. The molecule has 108 valence electrons. The number of rotatable bonds is 6.